The van der Waals surface area contributed by atoms with Crippen LogP contribution in [-0.2, 0) is 6.54 Å². The van der Waals surface area contributed by atoms with Crippen molar-refractivity contribution in [2.75, 3.05) is 13.1 Å². The minimum absolute atomic E-state index is 0.178. The first-order chi connectivity index (χ1) is 13.2. The molecule has 4 rings (SSSR count). The molecule has 1 aliphatic heterocycles. The Kier molecular flexibility index (Phi) is 5.02. The Bertz CT molecular complexity index is 958. The molecule has 2 aromatic heterocycles. The van der Waals surface area contributed by atoms with Crippen molar-refractivity contribution in [3.63, 3.8) is 0 Å². The SMILES string of the molecule is O=c1cc([C@H]2CCCN(Cc3ccc(F)cc3)C2)nc(-c2cnccn2)[nH]1. The molecule has 138 valence electrons. The van der Waals surface area contributed by atoms with E-state index in [2.05, 4.69) is 24.8 Å². The van der Waals surface area contributed by atoms with Crippen molar-refractivity contribution in [3.05, 3.63) is 76.4 Å². The minimum atomic E-state index is -0.223. The fourth-order valence-electron chi connectivity index (χ4n) is 3.52. The highest BCUT2D eigenvalue weighted by atomic mass is 19.1. The zero-order valence-corrected chi connectivity index (χ0v) is 14.8. The lowest BCUT2D eigenvalue weighted by atomic mass is 9.94. The first-order valence-electron chi connectivity index (χ1n) is 9.02. The summed E-state index contributed by atoms with van der Waals surface area (Å²) >= 11 is 0. The molecule has 1 atom stereocenters. The molecule has 1 aliphatic rings. The summed E-state index contributed by atoms with van der Waals surface area (Å²) < 4.78 is 13.1. The summed E-state index contributed by atoms with van der Waals surface area (Å²) in [5, 5.41) is 0. The molecule has 27 heavy (non-hydrogen) atoms. The van der Waals surface area contributed by atoms with Crippen LogP contribution in [0.1, 0.15) is 30.0 Å². The van der Waals surface area contributed by atoms with Gasteiger partial charge in [-0.05, 0) is 37.1 Å². The zero-order valence-electron chi connectivity index (χ0n) is 14.8. The average molecular weight is 365 g/mol. The van der Waals surface area contributed by atoms with E-state index >= 15 is 0 Å². The molecular weight excluding hydrogens is 345 g/mol. The summed E-state index contributed by atoms with van der Waals surface area (Å²) in [6, 6.07) is 8.18. The molecule has 1 saturated heterocycles. The molecule has 1 aromatic carbocycles. The monoisotopic (exact) mass is 365 g/mol. The molecule has 0 spiro atoms. The van der Waals surface area contributed by atoms with Gasteiger partial charge in [-0.15, -0.1) is 0 Å². The third-order valence-electron chi connectivity index (χ3n) is 4.81. The Balaban J connectivity index is 1.53. The molecule has 0 saturated carbocycles. The first kappa shape index (κ1) is 17.5. The van der Waals surface area contributed by atoms with E-state index in [1.807, 2.05) is 12.1 Å². The van der Waals surface area contributed by atoms with Crippen LogP contribution in [0, 0.1) is 5.82 Å². The largest absolute Gasteiger partial charge is 0.305 e. The molecule has 6 nitrogen and oxygen atoms in total. The Hall–Kier alpha value is -2.93. The van der Waals surface area contributed by atoms with Crippen LogP contribution in [0.25, 0.3) is 11.5 Å². The lowest BCUT2D eigenvalue weighted by Gasteiger charge is -2.32. The van der Waals surface area contributed by atoms with Crippen molar-refractivity contribution in [1.29, 1.82) is 0 Å². The fourth-order valence-corrected chi connectivity index (χ4v) is 3.52. The Morgan fingerprint density at radius 2 is 2.07 bits per heavy atom. The number of aromatic amines is 1. The fraction of sp³-hybridized carbons (Fsp3) is 0.300. The second kappa shape index (κ2) is 7.75. The van der Waals surface area contributed by atoms with E-state index in [0.717, 1.165) is 43.7 Å². The van der Waals surface area contributed by atoms with E-state index < -0.39 is 0 Å². The Morgan fingerprint density at radius 1 is 1.22 bits per heavy atom. The molecular formula is C20H20FN5O. The van der Waals surface area contributed by atoms with Crippen LogP contribution >= 0.6 is 0 Å². The van der Waals surface area contributed by atoms with Gasteiger partial charge in [0.25, 0.3) is 5.56 Å². The van der Waals surface area contributed by atoms with E-state index in [4.69, 9.17) is 0 Å². The lowest BCUT2D eigenvalue weighted by molar-refractivity contribution is 0.198. The predicted molar refractivity (Wildman–Crippen MR) is 99.5 cm³/mol. The molecule has 3 heterocycles. The first-order valence-corrected chi connectivity index (χ1v) is 9.02. The number of aromatic nitrogens is 4. The Labute approximate surface area is 156 Å². The van der Waals surface area contributed by atoms with Crippen molar-refractivity contribution in [2.45, 2.75) is 25.3 Å². The van der Waals surface area contributed by atoms with Gasteiger partial charge < -0.3 is 4.98 Å². The summed E-state index contributed by atoms with van der Waals surface area (Å²) in [6.07, 6.45) is 6.76. The van der Waals surface area contributed by atoms with Gasteiger partial charge in [0.1, 0.15) is 11.5 Å². The lowest BCUT2D eigenvalue weighted by Crippen LogP contribution is -2.34. The minimum Gasteiger partial charge on any atom is -0.305 e. The number of halogens is 1. The van der Waals surface area contributed by atoms with Gasteiger partial charge in [0.15, 0.2) is 5.82 Å². The van der Waals surface area contributed by atoms with Crippen molar-refractivity contribution in [2.24, 2.45) is 0 Å². The van der Waals surface area contributed by atoms with Gasteiger partial charge in [0.2, 0.25) is 0 Å². The van der Waals surface area contributed by atoms with Gasteiger partial charge in [-0.2, -0.15) is 0 Å². The highest BCUT2D eigenvalue weighted by Crippen LogP contribution is 2.26. The van der Waals surface area contributed by atoms with E-state index in [1.54, 1.807) is 24.7 Å². The predicted octanol–water partition coefficient (Wildman–Crippen LogP) is 2.75. The molecule has 0 amide bonds. The molecule has 1 fully saturated rings. The van der Waals surface area contributed by atoms with Crippen LogP contribution in [-0.4, -0.2) is 37.9 Å². The molecule has 0 radical (unpaired) electrons. The highest BCUT2D eigenvalue weighted by Gasteiger charge is 2.23. The smallest absolute Gasteiger partial charge is 0.251 e. The summed E-state index contributed by atoms with van der Waals surface area (Å²) in [5.41, 5.74) is 2.23. The highest BCUT2D eigenvalue weighted by molar-refractivity contribution is 5.46. The summed E-state index contributed by atoms with van der Waals surface area (Å²) in [6.45, 7) is 2.55. The van der Waals surface area contributed by atoms with Crippen molar-refractivity contribution in [1.82, 2.24) is 24.8 Å². The Morgan fingerprint density at radius 3 is 2.85 bits per heavy atom. The maximum absolute atomic E-state index is 13.1. The van der Waals surface area contributed by atoms with Crippen LogP contribution in [0.2, 0.25) is 0 Å². The maximum Gasteiger partial charge on any atom is 0.251 e. The second-order valence-electron chi connectivity index (χ2n) is 6.81. The zero-order chi connectivity index (χ0) is 18.6. The standard InChI is InChI=1S/C20H20FN5O/c21-16-5-3-14(4-6-16)12-26-9-1-2-15(13-26)17-10-19(27)25-20(24-17)18-11-22-7-8-23-18/h3-8,10-11,15H,1-2,9,12-13H2,(H,24,25,27)/t15-/m0/s1. The van der Waals surface area contributed by atoms with Crippen LogP contribution in [0.4, 0.5) is 4.39 Å². The third-order valence-corrected chi connectivity index (χ3v) is 4.81. The van der Waals surface area contributed by atoms with Crippen LogP contribution < -0.4 is 5.56 Å². The van der Waals surface area contributed by atoms with E-state index in [0.29, 0.717) is 11.5 Å². The average Bonchev–Trinajstić information content (AvgIpc) is 2.70. The van der Waals surface area contributed by atoms with E-state index in [1.165, 1.54) is 12.1 Å². The van der Waals surface area contributed by atoms with Crippen molar-refractivity contribution in [3.8, 4) is 11.5 Å². The van der Waals surface area contributed by atoms with Gasteiger partial charge >= 0.3 is 0 Å². The number of nitrogens with one attached hydrogen (secondary N) is 1. The van der Waals surface area contributed by atoms with Crippen LogP contribution in [0.5, 0.6) is 0 Å². The van der Waals surface area contributed by atoms with Gasteiger partial charge in [0, 0.05) is 37.5 Å². The molecule has 7 heteroatoms. The van der Waals surface area contributed by atoms with Gasteiger partial charge in [-0.25, -0.2) is 14.4 Å². The topological polar surface area (TPSA) is 74.8 Å². The second-order valence-corrected chi connectivity index (χ2v) is 6.81. The number of hydrogen-bond donors (Lipinski definition) is 1. The summed E-state index contributed by atoms with van der Waals surface area (Å²) in [4.78, 5) is 30.1. The van der Waals surface area contributed by atoms with Crippen LogP contribution in [0.15, 0.2) is 53.7 Å². The quantitative estimate of drug-likeness (QED) is 0.769. The molecule has 0 aliphatic carbocycles. The van der Waals surface area contributed by atoms with Gasteiger partial charge in [-0.3, -0.25) is 14.7 Å². The number of rotatable bonds is 4. The molecule has 0 unspecified atom stereocenters. The molecule has 3 aromatic rings. The number of benzene rings is 1. The normalized spacial score (nSPS) is 17.7. The number of H-pyrrole nitrogens is 1. The number of piperidine rings is 1. The third kappa shape index (κ3) is 4.25. The van der Waals surface area contributed by atoms with Gasteiger partial charge in [-0.1, -0.05) is 12.1 Å². The molecule has 1 N–H and O–H groups in total. The summed E-state index contributed by atoms with van der Waals surface area (Å²) in [5.74, 6) is 0.401. The number of nitrogens with zero attached hydrogens (tertiary/aromatic N) is 4. The molecule has 0 bridgehead atoms. The summed E-state index contributed by atoms with van der Waals surface area (Å²) in [7, 11) is 0. The maximum atomic E-state index is 13.1. The van der Waals surface area contributed by atoms with Crippen LogP contribution in [0.3, 0.4) is 0 Å². The van der Waals surface area contributed by atoms with Gasteiger partial charge in [0.05, 0.1) is 11.9 Å². The number of likely N-dealkylation sites (tertiary alicyclic amines) is 1. The van der Waals surface area contributed by atoms with E-state index in [-0.39, 0.29) is 17.3 Å². The number of hydrogen-bond acceptors (Lipinski definition) is 5. The van der Waals surface area contributed by atoms with E-state index in [9.17, 15) is 9.18 Å². The van der Waals surface area contributed by atoms with Crippen molar-refractivity contribution >= 4 is 0 Å². The van der Waals surface area contributed by atoms with Crippen molar-refractivity contribution < 1.29 is 4.39 Å².